The van der Waals surface area contributed by atoms with Gasteiger partial charge < -0.3 is 14.3 Å². The molecule has 3 rings (SSSR count). The standard InChI is InChI=1S/C19H23NO3/c1-19(2)12-22-18(23-13-19)8-7-15(11-21)17-10-20-9-14-5-3-4-6-16(14)17/h3-6,9-11,15,18H,7-8,12-13H2,1-2H3. The van der Waals surface area contributed by atoms with E-state index in [0.29, 0.717) is 26.1 Å². The number of fused-ring (bicyclic) bond motifs is 1. The second kappa shape index (κ2) is 6.77. The maximum absolute atomic E-state index is 11.6. The molecule has 0 bridgehead atoms. The average molecular weight is 313 g/mol. The number of carbonyl (C=O) groups is 1. The SMILES string of the molecule is CC1(C)COC(CCC(C=O)c2cncc3ccccc23)OC1. The molecule has 1 atom stereocenters. The molecule has 0 saturated carbocycles. The van der Waals surface area contributed by atoms with Crippen LogP contribution in [0.3, 0.4) is 0 Å². The number of hydrogen-bond acceptors (Lipinski definition) is 4. The minimum atomic E-state index is -0.214. The van der Waals surface area contributed by atoms with Gasteiger partial charge in [-0.15, -0.1) is 0 Å². The van der Waals surface area contributed by atoms with Gasteiger partial charge in [0.15, 0.2) is 6.29 Å². The Balaban J connectivity index is 1.69. The average Bonchev–Trinajstić information content (AvgIpc) is 2.57. The van der Waals surface area contributed by atoms with Crippen LogP contribution in [0.4, 0.5) is 0 Å². The van der Waals surface area contributed by atoms with Crippen molar-refractivity contribution in [1.82, 2.24) is 4.98 Å². The molecule has 2 heterocycles. The summed E-state index contributed by atoms with van der Waals surface area (Å²) in [7, 11) is 0. The van der Waals surface area contributed by atoms with Crippen molar-refractivity contribution in [2.75, 3.05) is 13.2 Å². The number of nitrogens with zero attached hydrogens (tertiary/aromatic N) is 1. The molecule has 122 valence electrons. The molecule has 0 radical (unpaired) electrons. The molecular weight excluding hydrogens is 290 g/mol. The number of carbonyl (C=O) groups excluding carboxylic acids is 1. The van der Waals surface area contributed by atoms with Crippen molar-refractivity contribution in [3.8, 4) is 0 Å². The van der Waals surface area contributed by atoms with Crippen LogP contribution in [0.5, 0.6) is 0 Å². The Morgan fingerprint density at radius 2 is 2.00 bits per heavy atom. The van der Waals surface area contributed by atoms with E-state index in [1.807, 2.05) is 30.5 Å². The topological polar surface area (TPSA) is 48.4 Å². The van der Waals surface area contributed by atoms with Gasteiger partial charge in [0, 0.05) is 29.1 Å². The predicted molar refractivity (Wildman–Crippen MR) is 89.3 cm³/mol. The lowest BCUT2D eigenvalue weighted by Crippen LogP contribution is -2.37. The fraction of sp³-hybridized carbons (Fsp3) is 0.474. The highest BCUT2D eigenvalue weighted by Gasteiger charge is 2.28. The molecule has 1 unspecified atom stereocenters. The van der Waals surface area contributed by atoms with Crippen molar-refractivity contribution in [3.05, 3.63) is 42.2 Å². The second-order valence-corrected chi connectivity index (χ2v) is 6.99. The molecule has 1 aromatic heterocycles. The van der Waals surface area contributed by atoms with E-state index in [2.05, 4.69) is 18.8 Å². The van der Waals surface area contributed by atoms with E-state index in [-0.39, 0.29) is 17.6 Å². The molecule has 4 heteroatoms. The fourth-order valence-corrected chi connectivity index (χ4v) is 2.94. The van der Waals surface area contributed by atoms with Gasteiger partial charge in [-0.05, 0) is 23.8 Å². The predicted octanol–water partition coefficient (Wildman–Crippen LogP) is 3.70. The molecule has 1 aromatic carbocycles. The first-order chi connectivity index (χ1) is 11.1. The third-order valence-corrected chi connectivity index (χ3v) is 4.30. The van der Waals surface area contributed by atoms with Crippen LogP contribution in [0.1, 0.15) is 38.2 Å². The van der Waals surface area contributed by atoms with Crippen molar-refractivity contribution >= 4 is 17.1 Å². The highest BCUT2D eigenvalue weighted by molar-refractivity contribution is 5.87. The monoisotopic (exact) mass is 313 g/mol. The van der Waals surface area contributed by atoms with E-state index < -0.39 is 0 Å². The zero-order valence-electron chi connectivity index (χ0n) is 13.7. The van der Waals surface area contributed by atoms with Crippen LogP contribution in [0.25, 0.3) is 10.8 Å². The van der Waals surface area contributed by atoms with Crippen LogP contribution in [0, 0.1) is 5.41 Å². The summed E-state index contributed by atoms with van der Waals surface area (Å²) in [5, 5.41) is 2.15. The Hall–Kier alpha value is -1.78. The summed E-state index contributed by atoms with van der Waals surface area (Å²) in [4.78, 5) is 15.9. The van der Waals surface area contributed by atoms with E-state index >= 15 is 0 Å². The summed E-state index contributed by atoms with van der Waals surface area (Å²) >= 11 is 0. The number of benzene rings is 1. The van der Waals surface area contributed by atoms with Gasteiger partial charge in [-0.1, -0.05) is 38.1 Å². The Morgan fingerprint density at radius 3 is 2.74 bits per heavy atom. The first-order valence-electron chi connectivity index (χ1n) is 8.10. The lowest BCUT2D eigenvalue weighted by Gasteiger charge is -2.34. The largest absolute Gasteiger partial charge is 0.352 e. The molecule has 2 aromatic rings. The number of ether oxygens (including phenoxy) is 2. The molecule has 4 nitrogen and oxygen atoms in total. The number of pyridine rings is 1. The van der Waals surface area contributed by atoms with E-state index in [4.69, 9.17) is 9.47 Å². The summed E-state index contributed by atoms with van der Waals surface area (Å²) in [6, 6.07) is 8.03. The Morgan fingerprint density at radius 1 is 1.26 bits per heavy atom. The van der Waals surface area contributed by atoms with Crippen LogP contribution < -0.4 is 0 Å². The van der Waals surface area contributed by atoms with Crippen LogP contribution in [0.2, 0.25) is 0 Å². The molecule has 0 amide bonds. The number of aromatic nitrogens is 1. The molecule has 1 fully saturated rings. The van der Waals surface area contributed by atoms with Gasteiger partial charge in [-0.25, -0.2) is 0 Å². The summed E-state index contributed by atoms with van der Waals surface area (Å²) in [5.74, 6) is -0.185. The Kier molecular flexibility index (Phi) is 4.74. The Labute approximate surface area is 136 Å². The van der Waals surface area contributed by atoms with E-state index in [0.717, 1.165) is 22.6 Å². The molecule has 1 saturated heterocycles. The maximum atomic E-state index is 11.6. The third-order valence-electron chi connectivity index (χ3n) is 4.30. The lowest BCUT2D eigenvalue weighted by molar-refractivity contribution is -0.224. The van der Waals surface area contributed by atoms with Crippen LogP contribution in [-0.2, 0) is 14.3 Å². The highest BCUT2D eigenvalue weighted by Crippen LogP contribution is 2.30. The molecular formula is C19H23NO3. The van der Waals surface area contributed by atoms with E-state index in [9.17, 15) is 4.79 Å². The quantitative estimate of drug-likeness (QED) is 0.790. The Bertz CT molecular complexity index is 668. The van der Waals surface area contributed by atoms with Crippen LogP contribution in [0.15, 0.2) is 36.7 Å². The molecule has 1 aliphatic heterocycles. The smallest absolute Gasteiger partial charge is 0.157 e. The van der Waals surface area contributed by atoms with Crippen molar-refractivity contribution in [3.63, 3.8) is 0 Å². The summed E-state index contributed by atoms with van der Waals surface area (Å²) in [6.07, 6.45) is 5.83. The zero-order valence-corrected chi connectivity index (χ0v) is 13.7. The zero-order chi connectivity index (χ0) is 16.3. The number of rotatable bonds is 5. The summed E-state index contributed by atoms with van der Waals surface area (Å²) < 4.78 is 11.5. The van der Waals surface area contributed by atoms with Crippen LogP contribution >= 0.6 is 0 Å². The van der Waals surface area contributed by atoms with Crippen molar-refractivity contribution < 1.29 is 14.3 Å². The van der Waals surface area contributed by atoms with E-state index in [1.165, 1.54) is 0 Å². The first-order valence-corrected chi connectivity index (χ1v) is 8.10. The first kappa shape index (κ1) is 16.1. The van der Waals surface area contributed by atoms with Crippen LogP contribution in [-0.4, -0.2) is 30.8 Å². The van der Waals surface area contributed by atoms with Gasteiger partial charge in [0.2, 0.25) is 0 Å². The minimum Gasteiger partial charge on any atom is -0.352 e. The maximum Gasteiger partial charge on any atom is 0.157 e. The molecule has 1 aliphatic rings. The fourth-order valence-electron chi connectivity index (χ4n) is 2.94. The van der Waals surface area contributed by atoms with Gasteiger partial charge in [-0.2, -0.15) is 0 Å². The van der Waals surface area contributed by atoms with Gasteiger partial charge >= 0.3 is 0 Å². The number of hydrogen-bond donors (Lipinski definition) is 0. The second-order valence-electron chi connectivity index (χ2n) is 6.99. The van der Waals surface area contributed by atoms with Crippen molar-refractivity contribution in [1.29, 1.82) is 0 Å². The molecule has 23 heavy (non-hydrogen) atoms. The minimum absolute atomic E-state index is 0.0696. The highest BCUT2D eigenvalue weighted by atomic mass is 16.7. The van der Waals surface area contributed by atoms with Crippen molar-refractivity contribution in [2.45, 2.75) is 38.9 Å². The lowest BCUT2D eigenvalue weighted by atomic mass is 9.92. The normalized spacial score (nSPS) is 19.6. The van der Waals surface area contributed by atoms with Gasteiger partial charge in [0.05, 0.1) is 13.2 Å². The molecule has 0 aliphatic carbocycles. The van der Waals surface area contributed by atoms with Gasteiger partial charge in [-0.3, -0.25) is 4.98 Å². The van der Waals surface area contributed by atoms with E-state index in [1.54, 1.807) is 6.20 Å². The molecule has 0 spiro atoms. The van der Waals surface area contributed by atoms with Gasteiger partial charge in [0.1, 0.15) is 6.29 Å². The molecule has 0 N–H and O–H groups in total. The van der Waals surface area contributed by atoms with Gasteiger partial charge in [0.25, 0.3) is 0 Å². The van der Waals surface area contributed by atoms with Crippen molar-refractivity contribution in [2.24, 2.45) is 5.41 Å². The number of aldehydes is 1. The third kappa shape index (κ3) is 3.77. The summed E-state index contributed by atoms with van der Waals surface area (Å²) in [5.41, 5.74) is 1.05. The summed E-state index contributed by atoms with van der Waals surface area (Å²) in [6.45, 7) is 5.64.